The van der Waals surface area contributed by atoms with Crippen LogP contribution < -0.4 is 0 Å². The van der Waals surface area contributed by atoms with Crippen LogP contribution in [-0.2, 0) is 14.2 Å². The summed E-state index contributed by atoms with van der Waals surface area (Å²) < 4.78 is 17.0. The summed E-state index contributed by atoms with van der Waals surface area (Å²) in [5.41, 5.74) is 0. The molecule has 5 atom stereocenters. The summed E-state index contributed by atoms with van der Waals surface area (Å²) in [7, 11) is 0. The van der Waals surface area contributed by atoms with Crippen LogP contribution in [-0.4, -0.2) is 47.2 Å². The van der Waals surface area contributed by atoms with Gasteiger partial charge in [-0.05, 0) is 20.3 Å². The summed E-state index contributed by atoms with van der Waals surface area (Å²) in [6.07, 6.45) is -1.44. The summed E-state index contributed by atoms with van der Waals surface area (Å²) in [4.78, 5) is 0. The van der Waals surface area contributed by atoms with E-state index in [9.17, 15) is 5.11 Å². The largest absolute Gasteiger partial charge is 0.394 e. The van der Waals surface area contributed by atoms with Gasteiger partial charge in [-0.2, -0.15) is 5.26 Å². The van der Waals surface area contributed by atoms with E-state index in [1.54, 1.807) is 13.8 Å². The Labute approximate surface area is 106 Å². The van der Waals surface area contributed by atoms with Gasteiger partial charge in [0.2, 0.25) is 0 Å². The topological polar surface area (TPSA) is 91.9 Å². The number of fused-ring (bicyclic) bond motifs is 1. The first kappa shape index (κ1) is 13.7. The van der Waals surface area contributed by atoms with Crippen molar-refractivity contribution in [3.05, 3.63) is 0 Å². The Balaban J connectivity index is 2.10. The van der Waals surface area contributed by atoms with Crippen LogP contribution in [0.15, 0.2) is 0 Å². The number of hydrogen-bond donors (Lipinski definition) is 2. The van der Waals surface area contributed by atoms with Crippen LogP contribution in [0.2, 0.25) is 0 Å². The number of hydrogen-bond acceptors (Lipinski definition) is 6. The molecular weight excluding hydrogens is 238 g/mol. The van der Waals surface area contributed by atoms with E-state index in [1.807, 2.05) is 0 Å². The van der Waals surface area contributed by atoms with Crippen molar-refractivity contribution in [1.82, 2.24) is 0 Å². The second kappa shape index (κ2) is 5.11. The highest BCUT2D eigenvalue weighted by atomic mass is 16.8. The zero-order valence-corrected chi connectivity index (χ0v) is 10.6. The number of aliphatic hydroxyl groups excluding tert-OH is 2. The van der Waals surface area contributed by atoms with Crippen molar-refractivity contribution >= 4 is 0 Å². The number of nitriles is 1. The molecule has 0 aromatic rings. The van der Waals surface area contributed by atoms with E-state index < -0.39 is 24.3 Å². The molecule has 0 saturated carbocycles. The van der Waals surface area contributed by atoms with E-state index in [2.05, 4.69) is 6.07 Å². The molecule has 2 N–H and O–H groups in total. The number of ether oxygens (including phenoxy) is 3. The van der Waals surface area contributed by atoms with Gasteiger partial charge in [-0.1, -0.05) is 0 Å². The van der Waals surface area contributed by atoms with E-state index in [0.717, 1.165) is 0 Å². The SMILES string of the molecule is CC1(C)O[C@H]2O[C@H]([C@H](O)CO)[C@@H](CCC#N)[C@H]2O1. The first-order valence-corrected chi connectivity index (χ1v) is 6.15. The Morgan fingerprint density at radius 1 is 1.39 bits per heavy atom. The van der Waals surface area contributed by atoms with Crippen LogP contribution in [0.5, 0.6) is 0 Å². The van der Waals surface area contributed by atoms with Crippen molar-refractivity contribution in [3.63, 3.8) is 0 Å². The van der Waals surface area contributed by atoms with Gasteiger partial charge in [-0.15, -0.1) is 0 Å². The predicted molar refractivity (Wildman–Crippen MR) is 60.1 cm³/mol. The lowest BCUT2D eigenvalue weighted by Gasteiger charge is -2.27. The van der Waals surface area contributed by atoms with Crippen LogP contribution in [0.1, 0.15) is 26.7 Å². The molecule has 0 radical (unpaired) electrons. The van der Waals surface area contributed by atoms with Gasteiger partial charge in [0.05, 0.1) is 18.8 Å². The molecule has 2 saturated heterocycles. The van der Waals surface area contributed by atoms with Crippen LogP contribution >= 0.6 is 0 Å². The maximum Gasteiger partial charge on any atom is 0.187 e. The Bertz CT molecular complexity index is 340. The van der Waals surface area contributed by atoms with Crippen molar-refractivity contribution in [2.24, 2.45) is 5.92 Å². The first-order chi connectivity index (χ1) is 8.48. The zero-order valence-electron chi connectivity index (χ0n) is 10.6. The minimum Gasteiger partial charge on any atom is -0.394 e. The van der Waals surface area contributed by atoms with Gasteiger partial charge in [0.25, 0.3) is 0 Å². The molecule has 0 bridgehead atoms. The molecular formula is C12H19NO5. The average molecular weight is 257 g/mol. The van der Waals surface area contributed by atoms with Crippen molar-refractivity contribution < 1.29 is 24.4 Å². The van der Waals surface area contributed by atoms with Gasteiger partial charge in [-0.3, -0.25) is 0 Å². The van der Waals surface area contributed by atoms with Gasteiger partial charge in [0, 0.05) is 12.3 Å². The second-order valence-electron chi connectivity index (χ2n) is 5.18. The molecule has 0 aromatic carbocycles. The third-order valence-electron chi connectivity index (χ3n) is 3.38. The van der Waals surface area contributed by atoms with Crippen molar-refractivity contribution in [2.75, 3.05) is 6.61 Å². The molecule has 6 nitrogen and oxygen atoms in total. The van der Waals surface area contributed by atoms with Crippen LogP contribution in [0, 0.1) is 17.2 Å². The van der Waals surface area contributed by atoms with Crippen LogP contribution in [0.25, 0.3) is 0 Å². The average Bonchev–Trinajstić information content (AvgIpc) is 2.77. The number of nitrogens with zero attached hydrogens (tertiary/aromatic N) is 1. The molecule has 18 heavy (non-hydrogen) atoms. The summed E-state index contributed by atoms with van der Waals surface area (Å²) >= 11 is 0. The summed E-state index contributed by atoms with van der Waals surface area (Å²) in [5.74, 6) is -0.853. The van der Waals surface area contributed by atoms with Gasteiger partial charge < -0.3 is 24.4 Å². The smallest absolute Gasteiger partial charge is 0.187 e. The Kier molecular flexibility index (Phi) is 3.90. The predicted octanol–water partition coefficient (Wildman–Crippen LogP) is 0.136. The number of aliphatic hydroxyl groups is 2. The molecule has 0 spiro atoms. The molecule has 2 aliphatic heterocycles. The minimum atomic E-state index is -0.977. The van der Waals surface area contributed by atoms with Gasteiger partial charge >= 0.3 is 0 Å². The van der Waals surface area contributed by atoms with E-state index in [0.29, 0.717) is 12.8 Å². The fourth-order valence-corrected chi connectivity index (χ4v) is 2.63. The maximum atomic E-state index is 9.74. The summed E-state index contributed by atoms with van der Waals surface area (Å²) in [5, 5.41) is 27.4. The van der Waals surface area contributed by atoms with Crippen molar-refractivity contribution in [2.45, 2.75) is 57.1 Å². The van der Waals surface area contributed by atoms with Crippen LogP contribution in [0.3, 0.4) is 0 Å². The highest BCUT2D eigenvalue weighted by Gasteiger charge is 2.55. The molecule has 6 heteroatoms. The fourth-order valence-electron chi connectivity index (χ4n) is 2.63. The number of rotatable bonds is 4. The molecule has 102 valence electrons. The van der Waals surface area contributed by atoms with Crippen molar-refractivity contribution in [3.8, 4) is 6.07 Å². The Morgan fingerprint density at radius 2 is 2.11 bits per heavy atom. The molecule has 2 rings (SSSR count). The molecule has 0 unspecified atom stereocenters. The van der Waals surface area contributed by atoms with E-state index in [4.69, 9.17) is 24.6 Å². The quantitative estimate of drug-likeness (QED) is 0.744. The third kappa shape index (κ3) is 2.51. The Hall–Kier alpha value is -0.710. The third-order valence-corrected chi connectivity index (χ3v) is 3.38. The lowest BCUT2D eigenvalue weighted by molar-refractivity contribution is -0.222. The minimum absolute atomic E-state index is 0.140. The first-order valence-electron chi connectivity index (χ1n) is 6.15. The van der Waals surface area contributed by atoms with Crippen LogP contribution in [0.4, 0.5) is 0 Å². The van der Waals surface area contributed by atoms with E-state index in [1.165, 1.54) is 0 Å². The monoisotopic (exact) mass is 257 g/mol. The van der Waals surface area contributed by atoms with Gasteiger partial charge in [-0.25, -0.2) is 0 Å². The maximum absolute atomic E-state index is 9.74. The van der Waals surface area contributed by atoms with Crippen molar-refractivity contribution in [1.29, 1.82) is 5.26 Å². The highest BCUT2D eigenvalue weighted by Crippen LogP contribution is 2.43. The summed E-state index contributed by atoms with van der Waals surface area (Å²) in [6, 6.07) is 2.08. The Morgan fingerprint density at radius 3 is 2.72 bits per heavy atom. The lowest BCUT2D eigenvalue weighted by Crippen LogP contribution is -2.38. The highest BCUT2D eigenvalue weighted by molar-refractivity contribution is 4.96. The lowest BCUT2D eigenvalue weighted by atomic mass is 9.90. The normalized spacial score (nSPS) is 39.3. The molecule has 0 aromatic heterocycles. The molecule has 2 heterocycles. The second-order valence-corrected chi connectivity index (χ2v) is 5.18. The molecule has 0 aliphatic carbocycles. The molecule has 0 amide bonds. The zero-order chi connectivity index (χ0) is 13.3. The van der Waals surface area contributed by atoms with E-state index in [-0.39, 0.29) is 18.6 Å². The fraction of sp³-hybridized carbons (Fsp3) is 0.917. The molecule has 2 fully saturated rings. The van der Waals surface area contributed by atoms with Gasteiger partial charge in [0.1, 0.15) is 12.2 Å². The van der Waals surface area contributed by atoms with Gasteiger partial charge in [0.15, 0.2) is 12.1 Å². The summed E-state index contributed by atoms with van der Waals surface area (Å²) in [6.45, 7) is 3.22. The van der Waals surface area contributed by atoms with E-state index >= 15 is 0 Å². The standard InChI is InChI=1S/C12H19NO5/c1-12(2)17-10-7(4-3-5-13)9(8(15)6-14)16-11(10)18-12/h7-11,14-15H,3-4,6H2,1-2H3/t7-,8-,9+,10-,11-/m1/s1. The molecule has 2 aliphatic rings.